The topological polar surface area (TPSA) is 75.4 Å². The predicted molar refractivity (Wildman–Crippen MR) is 127 cm³/mol. The smallest absolute Gasteiger partial charge is 0.255 e. The Kier molecular flexibility index (Phi) is 7.33. The molecule has 0 radical (unpaired) electrons. The number of benzene rings is 3. The highest BCUT2D eigenvalue weighted by Gasteiger charge is 2.29. The molecule has 0 saturated heterocycles. The van der Waals surface area contributed by atoms with Gasteiger partial charge in [0.25, 0.3) is 11.8 Å². The van der Waals surface area contributed by atoms with E-state index >= 15 is 0 Å². The highest BCUT2D eigenvalue weighted by molar-refractivity contribution is 6.04. The molecule has 0 atom stereocenters. The van der Waals surface area contributed by atoms with Gasteiger partial charge in [-0.15, -0.1) is 0 Å². The van der Waals surface area contributed by atoms with Gasteiger partial charge >= 0.3 is 0 Å². The Morgan fingerprint density at radius 2 is 1.53 bits per heavy atom. The summed E-state index contributed by atoms with van der Waals surface area (Å²) in [4.78, 5) is 27.6. The SMILES string of the molecule is NC1CCC(N(Cc2cccc(NC(=O)c3ccccc3)c2)C(=O)c2cc(F)cc(F)c2)CC1. The molecule has 0 unspecified atom stereocenters. The molecule has 4 rings (SSSR count). The maximum absolute atomic E-state index is 13.8. The van der Waals surface area contributed by atoms with Crippen molar-refractivity contribution in [2.24, 2.45) is 5.73 Å². The van der Waals surface area contributed by atoms with Crippen LogP contribution in [-0.2, 0) is 6.54 Å². The van der Waals surface area contributed by atoms with E-state index in [-0.39, 0.29) is 30.1 Å². The second kappa shape index (κ2) is 10.6. The van der Waals surface area contributed by atoms with Gasteiger partial charge in [0.15, 0.2) is 0 Å². The highest BCUT2D eigenvalue weighted by Crippen LogP contribution is 2.26. The fraction of sp³-hybridized carbons (Fsp3) is 0.259. The van der Waals surface area contributed by atoms with Crippen LogP contribution in [0.3, 0.4) is 0 Å². The number of nitrogens with zero attached hydrogens (tertiary/aromatic N) is 1. The van der Waals surface area contributed by atoms with Crippen LogP contribution in [0.2, 0.25) is 0 Å². The molecule has 1 aliphatic rings. The number of hydrogen-bond donors (Lipinski definition) is 2. The Morgan fingerprint density at radius 1 is 0.853 bits per heavy atom. The lowest BCUT2D eigenvalue weighted by Crippen LogP contribution is -2.44. The second-order valence-electron chi connectivity index (χ2n) is 8.68. The van der Waals surface area contributed by atoms with Gasteiger partial charge in [-0.1, -0.05) is 30.3 Å². The summed E-state index contributed by atoms with van der Waals surface area (Å²) in [6.45, 7) is 0.242. The van der Waals surface area contributed by atoms with Crippen LogP contribution in [0, 0.1) is 11.6 Å². The molecule has 3 N–H and O–H groups in total. The lowest BCUT2D eigenvalue weighted by molar-refractivity contribution is 0.0605. The summed E-state index contributed by atoms with van der Waals surface area (Å²) in [5.41, 5.74) is 7.95. The zero-order valence-electron chi connectivity index (χ0n) is 18.7. The lowest BCUT2D eigenvalue weighted by atomic mass is 9.90. The number of nitrogens with one attached hydrogen (secondary N) is 1. The molecule has 5 nitrogen and oxygen atoms in total. The Morgan fingerprint density at radius 3 is 2.21 bits per heavy atom. The molecule has 0 aliphatic heterocycles. The van der Waals surface area contributed by atoms with Crippen LogP contribution in [0.25, 0.3) is 0 Å². The van der Waals surface area contributed by atoms with Crippen LogP contribution in [0.5, 0.6) is 0 Å². The van der Waals surface area contributed by atoms with Gasteiger partial charge in [0.1, 0.15) is 11.6 Å². The van der Waals surface area contributed by atoms with Crippen molar-refractivity contribution in [1.82, 2.24) is 4.90 Å². The number of amides is 2. The van der Waals surface area contributed by atoms with Crippen molar-refractivity contribution in [2.45, 2.75) is 44.3 Å². The van der Waals surface area contributed by atoms with E-state index in [9.17, 15) is 18.4 Å². The second-order valence-corrected chi connectivity index (χ2v) is 8.68. The molecule has 1 fully saturated rings. The number of rotatable bonds is 6. The molecule has 0 bridgehead atoms. The quantitative estimate of drug-likeness (QED) is 0.532. The number of hydrogen-bond acceptors (Lipinski definition) is 3. The molecule has 2 amide bonds. The summed E-state index contributed by atoms with van der Waals surface area (Å²) in [5, 5.41) is 2.87. The third-order valence-corrected chi connectivity index (χ3v) is 6.13. The maximum atomic E-state index is 13.8. The van der Waals surface area contributed by atoms with Gasteiger partial charge in [-0.3, -0.25) is 9.59 Å². The number of carbonyl (C=O) groups is 2. The van der Waals surface area contributed by atoms with Crippen LogP contribution < -0.4 is 11.1 Å². The Balaban J connectivity index is 1.57. The largest absolute Gasteiger partial charge is 0.331 e. The van der Waals surface area contributed by atoms with Gasteiger partial charge in [-0.05, 0) is 67.6 Å². The first kappa shape index (κ1) is 23.6. The molecule has 1 saturated carbocycles. The predicted octanol–water partition coefficient (Wildman–Crippen LogP) is 5.13. The summed E-state index contributed by atoms with van der Waals surface area (Å²) in [6, 6.07) is 19.0. The standard InChI is InChI=1S/C27H27F2N3O2/c28-21-14-20(15-22(29)16-21)27(34)32(25-11-9-23(30)10-12-25)17-18-5-4-8-24(13-18)31-26(33)19-6-2-1-3-7-19/h1-8,13-16,23,25H,9-12,17,30H2,(H,31,33). The Labute approximate surface area is 197 Å². The molecule has 0 spiro atoms. The first-order valence-electron chi connectivity index (χ1n) is 11.4. The highest BCUT2D eigenvalue weighted by atomic mass is 19.1. The first-order valence-corrected chi connectivity index (χ1v) is 11.4. The van der Waals surface area contributed by atoms with Gasteiger partial charge < -0.3 is 16.0 Å². The van der Waals surface area contributed by atoms with Gasteiger partial charge in [0.05, 0.1) is 0 Å². The Hall–Kier alpha value is -3.58. The molecular formula is C27H27F2N3O2. The molecule has 0 aromatic heterocycles. The zero-order chi connectivity index (χ0) is 24.1. The summed E-state index contributed by atoms with van der Waals surface area (Å²) in [6.07, 6.45) is 2.99. The molecule has 0 heterocycles. The van der Waals surface area contributed by atoms with E-state index in [4.69, 9.17) is 5.73 Å². The van der Waals surface area contributed by atoms with Crippen molar-refractivity contribution < 1.29 is 18.4 Å². The third kappa shape index (κ3) is 5.85. The van der Waals surface area contributed by atoms with Crippen molar-refractivity contribution in [2.75, 3.05) is 5.32 Å². The van der Waals surface area contributed by atoms with Gasteiger partial charge in [0, 0.05) is 41.5 Å². The van der Waals surface area contributed by atoms with E-state index in [1.807, 2.05) is 18.2 Å². The van der Waals surface area contributed by atoms with Gasteiger partial charge in [-0.25, -0.2) is 8.78 Å². The summed E-state index contributed by atoms with van der Waals surface area (Å²) in [5.74, 6) is -2.25. The van der Waals surface area contributed by atoms with E-state index in [1.54, 1.807) is 41.3 Å². The van der Waals surface area contributed by atoms with E-state index in [0.29, 0.717) is 11.3 Å². The number of halogens is 2. The minimum Gasteiger partial charge on any atom is -0.331 e. The molecule has 34 heavy (non-hydrogen) atoms. The molecule has 3 aromatic rings. The van der Waals surface area contributed by atoms with E-state index < -0.39 is 17.5 Å². The Bertz CT molecular complexity index is 1140. The van der Waals surface area contributed by atoms with Crippen molar-refractivity contribution in [1.29, 1.82) is 0 Å². The monoisotopic (exact) mass is 463 g/mol. The molecule has 7 heteroatoms. The minimum atomic E-state index is -0.792. The molecule has 1 aliphatic carbocycles. The number of anilines is 1. The van der Waals surface area contributed by atoms with Crippen molar-refractivity contribution in [3.63, 3.8) is 0 Å². The van der Waals surface area contributed by atoms with Crippen LogP contribution in [0.1, 0.15) is 52.0 Å². The fourth-order valence-electron chi connectivity index (χ4n) is 4.36. The molecule has 176 valence electrons. The summed E-state index contributed by atoms with van der Waals surface area (Å²) >= 11 is 0. The minimum absolute atomic E-state index is 0.0269. The van der Waals surface area contributed by atoms with E-state index in [0.717, 1.165) is 49.4 Å². The number of nitrogens with two attached hydrogens (primary N) is 1. The zero-order valence-corrected chi connectivity index (χ0v) is 18.7. The van der Waals surface area contributed by atoms with Crippen LogP contribution in [0.4, 0.5) is 14.5 Å². The summed E-state index contributed by atoms with van der Waals surface area (Å²) < 4.78 is 27.6. The van der Waals surface area contributed by atoms with E-state index in [1.165, 1.54) is 0 Å². The van der Waals surface area contributed by atoms with Crippen LogP contribution in [0.15, 0.2) is 72.8 Å². The average molecular weight is 464 g/mol. The van der Waals surface area contributed by atoms with E-state index in [2.05, 4.69) is 5.32 Å². The fourth-order valence-corrected chi connectivity index (χ4v) is 4.36. The molecular weight excluding hydrogens is 436 g/mol. The number of carbonyl (C=O) groups excluding carboxylic acids is 2. The third-order valence-electron chi connectivity index (χ3n) is 6.13. The van der Waals surface area contributed by atoms with Crippen molar-refractivity contribution >= 4 is 17.5 Å². The van der Waals surface area contributed by atoms with Gasteiger partial charge in [-0.2, -0.15) is 0 Å². The van der Waals surface area contributed by atoms with Gasteiger partial charge in [0.2, 0.25) is 0 Å². The first-order chi connectivity index (χ1) is 16.4. The molecule has 3 aromatic carbocycles. The van der Waals surface area contributed by atoms with Crippen molar-refractivity contribution in [3.8, 4) is 0 Å². The summed E-state index contributed by atoms with van der Waals surface area (Å²) in [7, 11) is 0. The average Bonchev–Trinajstić information content (AvgIpc) is 2.83. The van der Waals surface area contributed by atoms with Crippen LogP contribution >= 0.6 is 0 Å². The van der Waals surface area contributed by atoms with Crippen LogP contribution in [-0.4, -0.2) is 28.8 Å². The normalized spacial score (nSPS) is 17.7. The maximum Gasteiger partial charge on any atom is 0.255 e. The lowest BCUT2D eigenvalue weighted by Gasteiger charge is -2.36. The van der Waals surface area contributed by atoms with Crippen molar-refractivity contribution in [3.05, 3.63) is 101 Å².